The van der Waals surface area contributed by atoms with Crippen LogP contribution < -0.4 is 4.90 Å². The largest absolute Gasteiger partial charge is 0.481 e. The highest BCUT2D eigenvalue weighted by Gasteiger charge is 2.26. The van der Waals surface area contributed by atoms with Gasteiger partial charge in [0.25, 0.3) is 0 Å². The lowest BCUT2D eigenvalue weighted by Crippen LogP contribution is -2.39. The zero-order valence-electron chi connectivity index (χ0n) is 13.2. The monoisotopic (exact) mass is 382 g/mol. The van der Waals surface area contributed by atoms with Crippen molar-refractivity contribution in [2.75, 3.05) is 44.3 Å². The van der Waals surface area contributed by atoms with E-state index in [1.807, 2.05) is 0 Å². The Morgan fingerprint density at radius 3 is 2.83 bits per heavy atom. The molecule has 126 valence electrons. The van der Waals surface area contributed by atoms with Crippen molar-refractivity contribution in [1.82, 2.24) is 4.90 Å². The fourth-order valence-corrected chi connectivity index (χ4v) is 3.76. The molecule has 2 heterocycles. The van der Waals surface area contributed by atoms with Crippen LogP contribution in [0.1, 0.15) is 18.4 Å². The van der Waals surface area contributed by atoms with E-state index in [0.717, 1.165) is 56.7 Å². The SMILES string of the molecule is O=C(O)C1CCCN(Cc2ccc(Br)cc2N2CCOCC2)C1. The number of likely N-dealkylation sites (tertiary alicyclic amines) is 1. The quantitative estimate of drug-likeness (QED) is 0.866. The van der Waals surface area contributed by atoms with Crippen LogP contribution in [0.2, 0.25) is 0 Å². The van der Waals surface area contributed by atoms with E-state index in [2.05, 4.69) is 43.9 Å². The van der Waals surface area contributed by atoms with Crippen molar-refractivity contribution in [2.24, 2.45) is 5.92 Å². The van der Waals surface area contributed by atoms with E-state index < -0.39 is 5.97 Å². The summed E-state index contributed by atoms with van der Waals surface area (Å²) in [6.45, 7) is 5.76. The Balaban J connectivity index is 1.75. The van der Waals surface area contributed by atoms with E-state index in [0.29, 0.717) is 6.54 Å². The Labute approximate surface area is 145 Å². The fourth-order valence-electron chi connectivity index (χ4n) is 3.41. The summed E-state index contributed by atoms with van der Waals surface area (Å²) in [5.74, 6) is -0.898. The first kappa shape index (κ1) is 16.7. The van der Waals surface area contributed by atoms with E-state index in [9.17, 15) is 9.90 Å². The summed E-state index contributed by atoms with van der Waals surface area (Å²) in [4.78, 5) is 15.9. The summed E-state index contributed by atoms with van der Waals surface area (Å²) in [6.07, 6.45) is 1.75. The average molecular weight is 383 g/mol. The topological polar surface area (TPSA) is 53.0 Å². The maximum atomic E-state index is 11.3. The molecule has 1 unspecified atom stereocenters. The number of carbonyl (C=O) groups is 1. The number of nitrogens with zero attached hydrogens (tertiary/aromatic N) is 2. The average Bonchev–Trinajstić information content (AvgIpc) is 2.57. The summed E-state index contributed by atoms with van der Waals surface area (Å²) < 4.78 is 6.53. The maximum absolute atomic E-state index is 11.3. The van der Waals surface area contributed by atoms with Crippen LogP contribution in [0.5, 0.6) is 0 Å². The van der Waals surface area contributed by atoms with Crippen LogP contribution in [0.25, 0.3) is 0 Å². The summed E-state index contributed by atoms with van der Waals surface area (Å²) >= 11 is 3.57. The molecule has 0 spiro atoms. The van der Waals surface area contributed by atoms with Crippen molar-refractivity contribution in [1.29, 1.82) is 0 Å². The molecule has 2 saturated heterocycles. The molecular weight excluding hydrogens is 360 g/mol. The molecule has 0 bridgehead atoms. The van der Waals surface area contributed by atoms with Gasteiger partial charge in [0.1, 0.15) is 0 Å². The minimum Gasteiger partial charge on any atom is -0.481 e. The lowest BCUT2D eigenvalue weighted by atomic mass is 9.97. The van der Waals surface area contributed by atoms with E-state index in [-0.39, 0.29) is 5.92 Å². The lowest BCUT2D eigenvalue weighted by Gasteiger charge is -2.34. The normalized spacial score (nSPS) is 23.0. The van der Waals surface area contributed by atoms with Crippen LogP contribution in [0, 0.1) is 5.92 Å². The third-order valence-corrected chi connectivity index (χ3v) is 5.14. The zero-order chi connectivity index (χ0) is 16.2. The number of piperidine rings is 1. The molecular formula is C17H23BrN2O3. The van der Waals surface area contributed by atoms with Crippen molar-refractivity contribution in [3.8, 4) is 0 Å². The molecule has 1 aromatic rings. The van der Waals surface area contributed by atoms with Crippen molar-refractivity contribution in [3.05, 3.63) is 28.2 Å². The van der Waals surface area contributed by atoms with Crippen molar-refractivity contribution in [2.45, 2.75) is 19.4 Å². The third-order valence-electron chi connectivity index (χ3n) is 4.65. The van der Waals surface area contributed by atoms with Gasteiger partial charge in [-0.05, 0) is 37.1 Å². The number of aliphatic carboxylic acids is 1. The summed E-state index contributed by atoms with van der Waals surface area (Å²) in [7, 11) is 0. The highest BCUT2D eigenvalue weighted by Crippen LogP contribution is 2.28. The van der Waals surface area contributed by atoms with E-state index in [4.69, 9.17) is 4.74 Å². The van der Waals surface area contributed by atoms with Gasteiger partial charge < -0.3 is 14.7 Å². The van der Waals surface area contributed by atoms with E-state index >= 15 is 0 Å². The second-order valence-corrected chi connectivity index (χ2v) is 7.20. The van der Waals surface area contributed by atoms with Crippen LogP contribution in [0.3, 0.4) is 0 Å². The predicted molar refractivity (Wildman–Crippen MR) is 92.8 cm³/mol. The Bertz CT molecular complexity index is 561. The molecule has 1 atom stereocenters. The molecule has 0 radical (unpaired) electrons. The molecule has 0 aliphatic carbocycles. The highest BCUT2D eigenvalue weighted by molar-refractivity contribution is 9.10. The minimum atomic E-state index is -0.668. The lowest BCUT2D eigenvalue weighted by molar-refractivity contribution is -0.143. The number of hydrogen-bond donors (Lipinski definition) is 1. The van der Waals surface area contributed by atoms with E-state index in [1.165, 1.54) is 11.3 Å². The number of rotatable bonds is 4. The first-order valence-corrected chi connectivity index (χ1v) is 8.99. The van der Waals surface area contributed by atoms with Gasteiger partial charge in [-0.25, -0.2) is 0 Å². The molecule has 6 heteroatoms. The van der Waals surface area contributed by atoms with Gasteiger partial charge in [0.15, 0.2) is 0 Å². The molecule has 2 aliphatic rings. The molecule has 23 heavy (non-hydrogen) atoms. The van der Waals surface area contributed by atoms with Crippen molar-refractivity contribution >= 4 is 27.6 Å². The molecule has 3 rings (SSSR count). The molecule has 0 amide bonds. The van der Waals surface area contributed by atoms with Crippen LogP contribution >= 0.6 is 15.9 Å². The standard InChI is InChI=1S/C17H23BrN2O3/c18-15-4-3-13(16(10-15)20-6-8-23-9-7-20)11-19-5-1-2-14(12-19)17(21)22/h3-4,10,14H,1-2,5-9,11-12H2,(H,21,22). The number of anilines is 1. The first-order chi connectivity index (χ1) is 11.1. The van der Waals surface area contributed by atoms with Gasteiger partial charge >= 0.3 is 5.97 Å². The van der Waals surface area contributed by atoms with Crippen LogP contribution in [0.4, 0.5) is 5.69 Å². The van der Waals surface area contributed by atoms with Gasteiger partial charge in [0.05, 0.1) is 19.1 Å². The van der Waals surface area contributed by atoms with Crippen molar-refractivity contribution in [3.63, 3.8) is 0 Å². The predicted octanol–water partition coefficient (Wildman–Crippen LogP) is 2.58. The number of morpholine rings is 1. The van der Waals surface area contributed by atoms with Gasteiger partial charge in [-0.3, -0.25) is 9.69 Å². The Kier molecular flexibility index (Phi) is 5.56. The van der Waals surface area contributed by atoms with Gasteiger partial charge in [-0.2, -0.15) is 0 Å². The van der Waals surface area contributed by atoms with Gasteiger partial charge in [0.2, 0.25) is 0 Å². The zero-order valence-corrected chi connectivity index (χ0v) is 14.8. The minimum absolute atomic E-state index is 0.231. The smallest absolute Gasteiger partial charge is 0.307 e. The molecule has 2 aliphatic heterocycles. The second-order valence-electron chi connectivity index (χ2n) is 6.28. The summed E-state index contributed by atoms with van der Waals surface area (Å²) in [5.41, 5.74) is 2.50. The van der Waals surface area contributed by atoms with Gasteiger partial charge in [-0.15, -0.1) is 0 Å². The second kappa shape index (κ2) is 7.64. The van der Waals surface area contributed by atoms with Crippen LogP contribution in [-0.2, 0) is 16.1 Å². The number of carboxylic acids is 1. The highest BCUT2D eigenvalue weighted by atomic mass is 79.9. The number of ether oxygens (including phenoxy) is 1. The number of benzene rings is 1. The molecule has 1 aromatic carbocycles. The Morgan fingerprint density at radius 2 is 2.09 bits per heavy atom. The molecule has 0 saturated carbocycles. The maximum Gasteiger partial charge on any atom is 0.307 e. The fraction of sp³-hybridized carbons (Fsp3) is 0.588. The van der Waals surface area contributed by atoms with Crippen LogP contribution in [-0.4, -0.2) is 55.4 Å². The van der Waals surface area contributed by atoms with E-state index in [1.54, 1.807) is 0 Å². The Morgan fingerprint density at radius 1 is 1.30 bits per heavy atom. The molecule has 0 aromatic heterocycles. The third kappa shape index (κ3) is 4.25. The van der Waals surface area contributed by atoms with Gasteiger partial charge in [-0.1, -0.05) is 22.0 Å². The van der Waals surface area contributed by atoms with Crippen molar-refractivity contribution < 1.29 is 14.6 Å². The number of carboxylic acid groups (broad SMARTS) is 1. The molecule has 5 nitrogen and oxygen atoms in total. The first-order valence-electron chi connectivity index (χ1n) is 8.20. The molecule has 2 fully saturated rings. The Hall–Kier alpha value is -1.11. The summed E-state index contributed by atoms with van der Waals surface area (Å²) in [6, 6.07) is 6.39. The molecule has 1 N–H and O–H groups in total. The van der Waals surface area contributed by atoms with Crippen LogP contribution in [0.15, 0.2) is 22.7 Å². The number of hydrogen-bond acceptors (Lipinski definition) is 4. The number of halogens is 1. The summed E-state index contributed by atoms with van der Waals surface area (Å²) in [5, 5.41) is 9.26. The van der Waals surface area contributed by atoms with Gasteiger partial charge in [0, 0.05) is 36.3 Å².